The van der Waals surface area contributed by atoms with E-state index in [1.807, 2.05) is 59.8 Å². The molecule has 144 valence electrons. The summed E-state index contributed by atoms with van der Waals surface area (Å²) in [5.74, 6) is 0.420. The molecule has 0 aliphatic rings. The van der Waals surface area contributed by atoms with Gasteiger partial charge in [0.15, 0.2) is 11.5 Å². The lowest BCUT2D eigenvalue weighted by Gasteiger charge is -2.13. The minimum atomic E-state index is -0.724. The highest BCUT2D eigenvalue weighted by Gasteiger charge is 2.13. The zero-order chi connectivity index (χ0) is 19.8. The molecule has 0 amide bonds. The maximum atomic E-state index is 10.4. The Morgan fingerprint density at radius 3 is 2.48 bits per heavy atom. The lowest BCUT2D eigenvalue weighted by atomic mass is 10.00. The third kappa shape index (κ3) is 6.11. The smallest absolute Gasteiger partial charge is 0.171 e. The third-order valence-electron chi connectivity index (χ3n) is 4.35. The maximum absolute atomic E-state index is 10.4. The predicted molar refractivity (Wildman–Crippen MR) is 115 cm³/mol. The molecule has 2 rings (SSSR count). The summed E-state index contributed by atoms with van der Waals surface area (Å²) in [5, 5.41) is 30.7. The van der Waals surface area contributed by atoms with Crippen molar-refractivity contribution in [1.29, 1.82) is 0 Å². The molecule has 2 atom stereocenters. The van der Waals surface area contributed by atoms with Crippen molar-refractivity contribution < 1.29 is 20.1 Å². The molecule has 0 heterocycles. The molecule has 0 aromatic heterocycles. The van der Waals surface area contributed by atoms with Gasteiger partial charge in [0, 0.05) is 12.8 Å². The van der Waals surface area contributed by atoms with Crippen molar-refractivity contribution in [3.8, 4) is 11.5 Å². The van der Waals surface area contributed by atoms with Gasteiger partial charge in [-0.25, -0.2) is 0 Å². The molecular weight excluding hydrogens is 455 g/mol. The number of phenolic OH excluding ortho intramolecular Hbond substituents is 1. The minimum Gasteiger partial charge on any atom is -0.504 e. The summed E-state index contributed by atoms with van der Waals surface area (Å²) in [6.45, 7) is 2.03. The van der Waals surface area contributed by atoms with Crippen LogP contribution in [0.25, 0.3) is 0 Å². The van der Waals surface area contributed by atoms with E-state index < -0.39 is 12.2 Å². The summed E-state index contributed by atoms with van der Waals surface area (Å²) in [5.41, 5.74) is 5.77. The summed E-state index contributed by atoms with van der Waals surface area (Å²) in [7, 11) is 1.48. The number of aromatic hydroxyl groups is 1. The second-order valence-corrected chi connectivity index (χ2v) is 7.40. The Morgan fingerprint density at radius 2 is 1.85 bits per heavy atom. The van der Waals surface area contributed by atoms with E-state index in [1.54, 1.807) is 18.2 Å². The summed E-state index contributed by atoms with van der Waals surface area (Å²) in [6, 6.07) is 12.9. The zero-order valence-electron chi connectivity index (χ0n) is 15.5. The second-order valence-electron chi connectivity index (χ2n) is 6.24. The number of phenols is 1. The summed E-state index contributed by atoms with van der Waals surface area (Å²) in [6.07, 6.45) is 2.19. The number of methoxy groups -OCH3 is 1. The van der Waals surface area contributed by atoms with Gasteiger partial charge in [0.2, 0.25) is 0 Å². The average molecular weight is 480 g/mol. The van der Waals surface area contributed by atoms with Gasteiger partial charge < -0.3 is 20.1 Å². The van der Waals surface area contributed by atoms with Gasteiger partial charge in [0.1, 0.15) is 0 Å². The second kappa shape index (κ2) is 10.5. The van der Waals surface area contributed by atoms with Gasteiger partial charge in [-0.05, 0) is 63.9 Å². The molecule has 0 aliphatic carbocycles. The van der Waals surface area contributed by atoms with Gasteiger partial charge in [0.25, 0.3) is 0 Å². The molecule has 3 N–H and O–H groups in total. The van der Waals surface area contributed by atoms with Crippen LogP contribution >= 0.6 is 22.6 Å². The molecule has 4 nitrogen and oxygen atoms in total. The zero-order valence-corrected chi connectivity index (χ0v) is 17.7. The van der Waals surface area contributed by atoms with Gasteiger partial charge in [0.05, 0.1) is 22.9 Å². The number of hydrogen-bond acceptors (Lipinski definition) is 4. The van der Waals surface area contributed by atoms with Crippen molar-refractivity contribution >= 4 is 22.6 Å². The fourth-order valence-corrected chi connectivity index (χ4v) is 3.35. The first-order valence-electron chi connectivity index (χ1n) is 8.86. The number of hydrogen-bond donors (Lipinski definition) is 3. The van der Waals surface area contributed by atoms with E-state index in [4.69, 9.17) is 4.74 Å². The molecule has 0 bridgehead atoms. The largest absolute Gasteiger partial charge is 0.504 e. The van der Waals surface area contributed by atoms with Crippen LogP contribution in [0.2, 0.25) is 0 Å². The normalized spacial score (nSPS) is 12.8. The average Bonchev–Trinajstić information content (AvgIpc) is 2.69. The standard InChI is InChI=1S/C22H25IO4/c1-3-15(12-20(25)16-9-5-4-6-10-16)8-7-11-19(24)17-13-18(23)22(26)21(14-17)27-2/h4-7,9-10,13-14,19-20,24-26H,3,11-12H2,1-2H3/t8?,19-,20-/m1/s1. The number of halogens is 1. The Bertz CT molecular complexity index is 811. The van der Waals surface area contributed by atoms with E-state index >= 15 is 0 Å². The van der Waals surface area contributed by atoms with Gasteiger partial charge >= 0.3 is 0 Å². The van der Waals surface area contributed by atoms with Gasteiger partial charge in [-0.3, -0.25) is 0 Å². The molecule has 0 unspecified atom stereocenters. The molecule has 0 fully saturated rings. The predicted octanol–water partition coefficient (Wildman–Crippen LogP) is 5.04. The first-order chi connectivity index (χ1) is 13.0. The fourth-order valence-electron chi connectivity index (χ4n) is 2.72. The lowest BCUT2D eigenvalue weighted by molar-refractivity contribution is 0.177. The number of aliphatic hydroxyl groups excluding tert-OH is 2. The molecule has 0 radical (unpaired) electrons. The van der Waals surface area contributed by atoms with Crippen LogP contribution in [-0.2, 0) is 0 Å². The van der Waals surface area contributed by atoms with Crippen LogP contribution in [0.15, 0.2) is 59.8 Å². The first kappa shape index (κ1) is 21.5. The lowest BCUT2D eigenvalue weighted by Crippen LogP contribution is -1.99. The van der Waals surface area contributed by atoms with Crippen molar-refractivity contribution in [2.24, 2.45) is 0 Å². The van der Waals surface area contributed by atoms with Crippen molar-refractivity contribution in [2.45, 2.75) is 38.4 Å². The molecular formula is C22H25IO4. The van der Waals surface area contributed by atoms with Crippen LogP contribution in [0.4, 0.5) is 0 Å². The molecule has 5 heteroatoms. The number of benzene rings is 2. The van der Waals surface area contributed by atoms with Crippen molar-refractivity contribution in [1.82, 2.24) is 0 Å². The molecule has 0 saturated carbocycles. The van der Waals surface area contributed by atoms with Crippen molar-refractivity contribution in [3.05, 3.63) is 74.5 Å². The molecule has 2 aromatic rings. The van der Waals surface area contributed by atoms with Crippen LogP contribution in [0, 0.1) is 3.57 Å². The Morgan fingerprint density at radius 1 is 1.15 bits per heavy atom. The maximum Gasteiger partial charge on any atom is 0.171 e. The summed E-state index contributed by atoms with van der Waals surface area (Å²) < 4.78 is 5.76. The number of ether oxygens (including phenoxy) is 1. The van der Waals surface area contributed by atoms with Gasteiger partial charge in [-0.15, -0.1) is 5.73 Å². The van der Waals surface area contributed by atoms with Crippen LogP contribution in [0.1, 0.15) is 49.5 Å². The van der Waals surface area contributed by atoms with E-state index in [1.165, 1.54) is 7.11 Å². The highest BCUT2D eigenvalue weighted by molar-refractivity contribution is 14.1. The van der Waals surface area contributed by atoms with E-state index in [0.717, 1.165) is 17.6 Å². The Balaban J connectivity index is 2.07. The van der Waals surface area contributed by atoms with Crippen LogP contribution in [0.5, 0.6) is 11.5 Å². The fraction of sp³-hybridized carbons (Fsp3) is 0.318. The highest BCUT2D eigenvalue weighted by atomic mass is 127. The van der Waals surface area contributed by atoms with Crippen molar-refractivity contribution in [2.75, 3.05) is 7.11 Å². The number of rotatable bonds is 8. The monoisotopic (exact) mass is 480 g/mol. The van der Waals surface area contributed by atoms with Crippen LogP contribution in [0.3, 0.4) is 0 Å². The molecule has 27 heavy (non-hydrogen) atoms. The number of aliphatic hydroxyl groups is 2. The molecule has 2 aromatic carbocycles. The van der Waals surface area contributed by atoms with E-state index in [0.29, 0.717) is 27.7 Å². The minimum absolute atomic E-state index is 0.0765. The van der Waals surface area contributed by atoms with Crippen molar-refractivity contribution in [3.63, 3.8) is 0 Å². The first-order valence-corrected chi connectivity index (χ1v) is 9.94. The van der Waals surface area contributed by atoms with Crippen LogP contribution in [-0.4, -0.2) is 22.4 Å². The van der Waals surface area contributed by atoms with Gasteiger partial charge in [-0.1, -0.05) is 37.3 Å². The quantitative estimate of drug-likeness (QED) is 0.366. The summed E-state index contributed by atoms with van der Waals surface area (Å²) >= 11 is 2.01. The molecule has 0 saturated heterocycles. The Labute approximate surface area is 174 Å². The Kier molecular flexibility index (Phi) is 8.38. The van der Waals surface area contributed by atoms with E-state index in [-0.39, 0.29) is 5.75 Å². The highest BCUT2D eigenvalue weighted by Crippen LogP contribution is 2.35. The van der Waals surface area contributed by atoms with Crippen LogP contribution < -0.4 is 4.74 Å². The van der Waals surface area contributed by atoms with E-state index in [9.17, 15) is 15.3 Å². The van der Waals surface area contributed by atoms with E-state index in [2.05, 4.69) is 5.73 Å². The molecule has 0 spiro atoms. The summed E-state index contributed by atoms with van der Waals surface area (Å²) in [4.78, 5) is 0. The topological polar surface area (TPSA) is 69.9 Å². The SMILES string of the molecule is CCC(=C=CC[C@@H](O)c1cc(I)c(O)c(OC)c1)C[C@@H](O)c1ccccc1. The molecule has 0 aliphatic heterocycles. The Hall–Kier alpha value is -1.79. The van der Waals surface area contributed by atoms with Gasteiger partial charge in [-0.2, -0.15) is 0 Å². The third-order valence-corrected chi connectivity index (χ3v) is 5.18.